The van der Waals surface area contributed by atoms with Gasteiger partial charge in [0.05, 0.1) is 34.6 Å². The number of amides is 1. The van der Waals surface area contributed by atoms with Gasteiger partial charge in [-0.25, -0.2) is 9.97 Å². The molecule has 0 N–H and O–H groups in total. The van der Waals surface area contributed by atoms with E-state index < -0.39 is 0 Å². The number of anilines is 1. The van der Waals surface area contributed by atoms with Crippen LogP contribution in [0.5, 0.6) is 5.75 Å². The number of fused-ring (bicyclic) bond motifs is 1. The molecule has 2 heterocycles. The maximum atomic E-state index is 13.4. The van der Waals surface area contributed by atoms with Crippen molar-refractivity contribution in [1.82, 2.24) is 14.5 Å². The SMILES string of the molecule is CCOc1ccc(CC(=O)N(CCCn2ccnc2)c2nc3c(C)ccc(Cl)c3s2)cc1. The second-order valence-electron chi connectivity index (χ2n) is 7.49. The molecule has 0 saturated carbocycles. The van der Waals surface area contributed by atoms with Gasteiger partial charge in [-0.3, -0.25) is 9.69 Å². The summed E-state index contributed by atoms with van der Waals surface area (Å²) in [5.41, 5.74) is 2.84. The molecule has 8 heteroatoms. The fourth-order valence-electron chi connectivity index (χ4n) is 3.50. The second-order valence-corrected chi connectivity index (χ2v) is 8.88. The number of benzene rings is 2. The third kappa shape index (κ3) is 5.11. The first-order valence-electron chi connectivity index (χ1n) is 10.6. The fraction of sp³-hybridized carbons (Fsp3) is 0.292. The number of rotatable bonds is 9. The van der Waals surface area contributed by atoms with Crippen molar-refractivity contribution in [2.24, 2.45) is 0 Å². The number of thiazole rings is 1. The molecule has 0 unspecified atom stereocenters. The van der Waals surface area contributed by atoms with Crippen molar-refractivity contribution >= 4 is 44.2 Å². The highest BCUT2D eigenvalue weighted by molar-refractivity contribution is 7.23. The van der Waals surface area contributed by atoms with Gasteiger partial charge in [-0.05, 0) is 49.6 Å². The van der Waals surface area contributed by atoms with E-state index in [2.05, 4.69) is 4.98 Å². The fourth-order valence-corrected chi connectivity index (χ4v) is 4.86. The lowest BCUT2D eigenvalue weighted by Gasteiger charge is -2.20. The van der Waals surface area contributed by atoms with Crippen LogP contribution in [-0.4, -0.2) is 33.6 Å². The van der Waals surface area contributed by atoms with E-state index in [0.717, 1.165) is 40.1 Å². The summed E-state index contributed by atoms with van der Waals surface area (Å²) in [5.74, 6) is 0.810. The maximum absolute atomic E-state index is 13.4. The monoisotopic (exact) mass is 468 g/mol. The first-order chi connectivity index (χ1) is 15.5. The van der Waals surface area contributed by atoms with Crippen LogP contribution < -0.4 is 9.64 Å². The average molecular weight is 469 g/mol. The number of carbonyl (C=O) groups excluding carboxylic acids is 1. The molecule has 4 rings (SSSR count). The van der Waals surface area contributed by atoms with Gasteiger partial charge in [-0.15, -0.1) is 0 Å². The first kappa shape index (κ1) is 22.3. The molecule has 2 aromatic heterocycles. The number of hydrogen-bond donors (Lipinski definition) is 0. The molecule has 166 valence electrons. The van der Waals surface area contributed by atoms with Crippen molar-refractivity contribution < 1.29 is 9.53 Å². The third-order valence-electron chi connectivity index (χ3n) is 5.16. The van der Waals surface area contributed by atoms with Gasteiger partial charge in [0.2, 0.25) is 5.91 Å². The molecule has 0 radical (unpaired) electrons. The third-order valence-corrected chi connectivity index (χ3v) is 6.70. The van der Waals surface area contributed by atoms with Crippen LogP contribution in [0.4, 0.5) is 5.13 Å². The van der Waals surface area contributed by atoms with Gasteiger partial charge in [0, 0.05) is 25.5 Å². The van der Waals surface area contributed by atoms with Gasteiger partial charge in [-0.2, -0.15) is 0 Å². The Morgan fingerprint density at radius 1 is 1.22 bits per heavy atom. The highest BCUT2D eigenvalue weighted by atomic mass is 35.5. The normalized spacial score (nSPS) is 11.1. The van der Waals surface area contributed by atoms with Crippen LogP contribution in [0.15, 0.2) is 55.1 Å². The van der Waals surface area contributed by atoms with Crippen LogP contribution in [0.1, 0.15) is 24.5 Å². The number of halogens is 1. The lowest BCUT2D eigenvalue weighted by Crippen LogP contribution is -2.33. The number of ether oxygens (including phenoxy) is 1. The van der Waals surface area contributed by atoms with E-state index in [1.807, 2.05) is 61.0 Å². The van der Waals surface area contributed by atoms with E-state index in [4.69, 9.17) is 21.3 Å². The number of imidazole rings is 1. The lowest BCUT2D eigenvalue weighted by molar-refractivity contribution is -0.118. The summed E-state index contributed by atoms with van der Waals surface area (Å²) in [6.07, 6.45) is 6.54. The predicted molar refractivity (Wildman–Crippen MR) is 130 cm³/mol. The standard InChI is InChI=1S/C24H25ClN4O2S/c1-3-31-19-8-6-18(7-9-19)15-21(30)29(13-4-12-28-14-11-26-16-28)24-27-22-17(2)5-10-20(25)23(22)32-24/h5-11,14,16H,3-4,12-13,15H2,1-2H3. The lowest BCUT2D eigenvalue weighted by atomic mass is 10.1. The highest BCUT2D eigenvalue weighted by Gasteiger charge is 2.21. The van der Waals surface area contributed by atoms with Gasteiger partial charge >= 0.3 is 0 Å². The molecule has 0 spiro atoms. The summed E-state index contributed by atoms with van der Waals surface area (Å²) in [6.45, 7) is 5.91. The topological polar surface area (TPSA) is 60.2 Å². The van der Waals surface area contributed by atoms with E-state index in [1.165, 1.54) is 11.3 Å². The second kappa shape index (κ2) is 10.1. The molecule has 0 aliphatic rings. The van der Waals surface area contributed by atoms with E-state index in [-0.39, 0.29) is 5.91 Å². The number of aromatic nitrogens is 3. The molecule has 0 aliphatic carbocycles. The van der Waals surface area contributed by atoms with Gasteiger partial charge < -0.3 is 9.30 Å². The summed E-state index contributed by atoms with van der Waals surface area (Å²) in [5, 5.41) is 1.34. The first-order valence-corrected chi connectivity index (χ1v) is 11.8. The van der Waals surface area contributed by atoms with E-state index >= 15 is 0 Å². The molecule has 4 aromatic rings. The zero-order chi connectivity index (χ0) is 22.5. The van der Waals surface area contributed by atoms with Crippen molar-refractivity contribution in [2.75, 3.05) is 18.1 Å². The molecule has 0 aliphatic heterocycles. The highest BCUT2D eigenvalue weighted by Crippen LogP contribution is 2.36. The van der Waals surface area contributed by atoms with Gasteiger partial charge in [0.1, 0.15) is 5.75 Å². The van der Waals surface area contributed by atoms with Crippen molar-refractivity contribution in [1.29, 1.82) is 0 Å². The largest absolute Gasteiger partial charge is 0.494 e. The molecule has 2 aromatic carbocycles. The number of hydrogen-bond acceptors (Lipinski definition) is 5. The Morgan fingerprint density at radius 3 is 2.72 bits per heavy atom. The zero-order valence-electron chi connectivity index (χ0n) is 18.1. The predicted octanol–water partition coefficient (Wildman–Crippen LogP) is 5.52. The Balaban J connectivity index is 1.57. The Morgan fingerprint density at radius 2 is 2.03 bits per heavy atom. The average Bonchev–Trinajstić information content (AvgIpc) is 3.46. The van der Waals surface area contributed by atoms with E-state index in [0.29, 0.717) is 29.7 Å². The Kier molecular flexibility index (Phi) is 7.07. The van der Waals surface area contributed by atoms with Crippen LogP contribution in [0, 0.1) is 6.92 Å². The van der Waals surface area contributed by atoms with Crippen molar-refractivity contribution in [3.8, 4) is 5.75 Å². The number of aryl methyl sites for hydroxylation is 2. The van der Waals surface area contributed by atoms with Crippen LogP contribution >= 0.6 is 22.9 Å². The molecule has 0 fully saturated rings. The van der Waals surface area contributed by atoms with Crippen LogP contribution in [0.2, 0.25) is 5.02 Å². The van der Waals surface area contributed by atoms with Crippen LogP contribution in [0.25, 0.3) is 10.2 Å². The summed E-state index contributed by atoms with van der Waals surface area (Å²) >= 11 is 7.88. The van der Waals surface area contributed by atoms with Gasteiger partial charge in [0.25, 0.3) is 0 Å². The zero-order valence-corrected chi connectivity index (χ0v) is 19.7. The van der Waals surface area contributed by atoms with Crippen molar-refractivity contribution in [2.45, 2.75) is 33.2 Å². The minimum atomic E-state index is 0.00706. The molecule has 0 atom stereocenters. The summed E-state index contributed by atoms with van der Waals surface area (Å²) in [6, 6.07) is 11.5. The van der Waals surface area contributed by atoms with Crippen LogP contribution in [0.3, 0.4) is 0 Å². The molecular weight excluding hydrogens is 444 g/mol. The molecular formula is C24H25ClN4O2S. The molecule has 6 nitrogen and oxygen atoms in total. The van der Waals surface area contributed by atoms with E-state index in [9.17, 15) is 4.79 Å². The van der Waals surface area contributed by atoms with Crippen LogP contribution in [-0.2, 0) is 17.8 Å². The minimum Gasteiger partial charge on any atom is -0.494 e. The Hall–Kier alpha value is -2.90. The quantitative estimate of drug-likeness (QED) is 0.324. The maximum Gasteiger partial charge on any atom is 0.233 e. The van der Waals surface area contributed by atoms with Gasteiger partial charge in [0.15, 0.2) is 5.13 Å². The van der Waals surface area contributed by atoms with Crippen molar-refractivity contribution in [3.63, 3.8) is 0 Å². The summed E-state index contributed by atoms with van der Waals surface area (Å²) in [7, 11) is 0. The summed E-state index contributed by atoms with van der Waals surface area (Å²) < 4.78 is 8.42. The molecule has 0 saturated heterocycles. The molecule has 1 amide bonds. The van der Waals surface area contributed by atoms with Gasteiger partial charge in [-0.1, -0.05) is 41.1 Å². The number of carbonyl (C=O) groups is 1. The summed E-state index contributed by atoms with van der Waals surface area (Å²) in [4.78, 5) is 24.0. The smallest absolute Gasteiger partial charge is 0.233 e. The molecule has 0 bridgehead atoms. The molecule has 32 heavy (non-hydrogen) atoms. The van der Waals surface area contributed by atoms with Crippen molar-refractivity contribution in [3.05, 3.63) is 71.3 Å². The minimum absolute atomic E-state index is 0.00706. The van der Waals surface area contributed by atoms with E-state index in [1.54, 1.807) is 17.4 Å². The Labute approximate surface area is 196 Å². The number of nitrogens with zero attached hydrogens (tertiary/aromatic N) is 4. The Bertz CT molecular complexity index is 1150.